The number of ether oxygens (including phenoxy) is 1. The zero-order chi connectivity index (χ0) is 25.9. The normalized spacial score (nSPS) is 19.9. The average molecular weight is 422 g/mol. The van der Waals surface area contributed by atoms with E-state index in [4.69, 9.17) is 11.6 Å². The van der Waals surface area contributed by atoms with Gasteiger partial charge >= 0.3 is 5.69 Å². The summed E-state index contributed by atoms with van der Waals surface area (Å²) in [5.74, 6) is -1.11. The van der Waals surface area contributed by atoms with Crippen LogP contribution >= 0.6 is 0 Å². The monoisotopic (exact) mass is 421 g/mol. The number of tetrazole rings is 1. The molecule has 164 valence electrons. The summed E-state index contributed by atoms with van der Waals surface area (Å²) >= 11 is 0. The summed E-state index contributed by atoms with van der Waals surface area (Å²) in [5, 5.41) is 7.71. The van der Waals surface area contributed by atoms with Gasteiger partial charge in [0.15, 0.2) is 0 Å². The second-order valence-electron chi connectivity index (χ2n) is 7.40. The SMILES string of the molecule is [2H]C([2H])([2H])C([2H])([2H])C(=O)N(c1ccccc1)C1(COC)CCN(CCn2nnn(CC)c2=O)CC1. The first-order valence-corrected chi connectivity index (χ1v) is 10.1. The highest BCUT2D eigenvalue weighted by molar-refractivity contribution is 5.94. The zero-order valence-electron chi connectivity index (χ0n) is 22.5. The van der Waals surface area contributed by atoms with Gasteiger partial charge in [-0.3, -0.25) is 4.79 Å². The number of piperidine rings is 1. The summed E-state index contributed by atoms with van der Waals surface area (Å²) in [6.07, 6.45) is -2.23. The minimum Gasteiger partial charge on any atom is -0.382 e. The molecule has 0 atom stereocenters. The van der Waals surface area contributed by atoms with Crippen molar-refractivity contribution < 1.29 is 16.4 Å². The Morgan fingerprint density at radius 1 is 1.23 bits per heavy atom. The Kier molecular flexibility index (Phi) is 5.40. The lowest BCUT2D eigenvalue weighted by atomic mass is 9.85. The maximum atomic E-state index is 13.5. The number of hydrogen-bond donors (Lipinski definition) is 0. The fourth-order valence-electron chi connectivity index (χ4n) is 4.01. The van der Waals surface area contributed by atoms with E-state index in [2.05, 4.69) is 15.3 Å². The van der Waals surface area contributed by atoms with Gasteiger partial charge in [0, 0.05) is 52.2 Å². The third-order valence-electron chi connectivity index (χ3n) is 5.62. The van der Waals surface area contributed by atoms with Crippen molar-refractivity contribution in [3.63, 3.8) is 0 Å². The summed E-state index contributed by atoms with van der Waals surface area (Å²) in [6.45, 7) is 1.21. The minimum absolute atomic E-state index is 0.114. The molecule has 1 saturated heterocycles. The molecule has 0 aliphatic carbocycles. The van der Waals surface area contributed by atoms with Gasteiger partial charge in [-0.1, -0.05) is 25.1 Å². The molecule has 1 amide bonds. The number of amides is 1. The number of hydrogen-bond acceptors (Lipinski definition) is 6. The van der Waals surface area contributed by atoms with Crippen molar-refractivity contribution in [2.45, 2.75) is 51.6 Å². The van der Waals surface area contributed by atoms with E-state index in [0.717, 1.165) is 0 Å². The predicted octanol–water partition coefficient (Wildman–Crippen LogP) is 1.38. The summed E-state index contributed by atoms with van der Waals surface area (Å²) in [6, 6.07) is 8.54. The number of carbonyl (C=O) groups excluding carboxylic acids is 1. The highest BCUT2D eigenvalue weighted by Gasteiger charge is 2.42. The predicted molar refractivity (Wildman–Crippen MR) is 114 cm³/mol. The van der Waals surface area contributed by atoms with Crippen LogP contribution in [0.4, 0.5) is 5.69 Å². The van der Waals surface area contributed by atoms with E-state index in [1.54, 1.807) is 30.3 Å². The molecule has 1 aromatic carbocycles. The summed E-state index contributed by atoms with van der Waals surface area (Å²) in [5.41, 5.74) is -0.797. The summed E-state index contributed by atoms with van der Waals surface area (Å²) < 4.78 is 47.3. The second-order valence-corrected chi connectivity index (χ2v) is 7.40. The highest BCUT2D eigenvalue weighted by atomic mass is 16.5. The Morgan fingerprint density at radius 3 is 2.53 bits per heavy atom. The Balaban J connectivity index is 1.85. The van der Waals surface area contributed by atoms with Crippen molar-refractivity contribution in [1.29, 1.82) is 0 Å². The molecule has 0 radical (unpaired) electrons. The van der Waals surface area contributed by atoms with Gasteiger partial charge in [-0.05, 0) is 42.3 Å². The van der Waals surface area contributed by atoms with E-state index in [-0.39, 0.29) is 12.3 Å². The van der Waals surface area contributed by atoms with Crippen LogP contribution in [0.15, 0.2) is 35.1 Å². The molecule has 30 heavy (non-hydrogen) atoms. The number of likely N-dealkylation sites (tertiary alicyclic amines) is 1. The van der Waals surface area contributed by atoms with Crippen molar-refractivity contribution in [1.82, 2.24) is 24.7 Å². The van der Waals surface area contributed by atoms with Crippen LogP contribution in [0.25, 0.3) is 0 Å². The molecule has 0 bridgehead atoms. The van der Waals surface area contributed by atoms with Crippen LogP contribution in [0.3, 0.4) is 0 Å². The molecule has 0 saturated carbocycles. The molecule has 1 aliphatic rings. The number of aromatic nitrogens is 4. The van der Waals surface area contributed by atoms with Gasteiger partial charge in [0.25, 0.3) is 0 Å². The van der Waals surface area contributed by atoms with Crippen LogP contribution in [0, 0.1) is 0 Å². The lowest BCUT2D eigenvalue weighted by molar-refractivity contribution is -0.120. The molecular formula is C21H32N6O3. The van der Waals surface area contributed by atoms with Gasteiger partial charge in [-0.25, -0.2) is 4.79 Å². The van der Waals surface area contributed by atoms with E-state index < -0.39 is 24.7 Å². The number of anilines is 1. The standard InChI is InChI=1S/C21H32N6O3/c1-4-19(28)27(18-9-7-6-8-10-18)21(17-30-3)11-13-24(14-12-21)15-16-26-20(29)25(5-2)22-23-26/h6-10H,4-5,11-17H2,1-3H3/i1D3,4D2. The third-order valence-corrected chi connectivity index (χ3v) is 5.62. The zero-order valence-corrected chi connectivity index (χ0v) is 17.5. The number of nitrogens with zero attached hydrogens (tertiary/aromatic N) is 6. The van der Waals surface area contributed by atoms with E-state index in [1.165, 1.54) is 21.4 Å². The number of para-hydroxylation sites is 1. The molecule has 1 aromatic heterocycles. The molecule has 0 unspecified atom stereocenters. The first kappa shape index (κ1) is 16.2. The molecule has 3 rings (SSSR count). The van der Waals surface area contributed by atoms with Crippen LogP contribution < -0.4 is 10.6 Å². The molecule has 2 aromatic rings. The quantitative estimate of drug-likeness (QED) is 0.608. The van der Waals surface area contributed by atoms with Crippen molar-refractivity contribution >= 4 is 11.6 Å². The van der Waals surface area contributed by atoms with Gasteiger partial charge in [0.2, 0.25) is 5.91 Å². The van der Waals surface area contributed by atoms with Crippen molar-refractivity contribution in [3.8, 4) is 0 Å². The summed E-state index contributed by atoms with van der Waals surface area (Å²) in [7, 11) is 1.50. The molecule has 1 aliphatic heterocycles. The van der Waals surface area contributed by atoms with Crippen LogP contribution in [-0.4, -0.2) is 69.5 Å². The minimum atomic E-state index is -3.13. The first-order valence-electron chi connectivity index (χ1n) is 12.6. The fraction of sp³-hybridized carbons (Fsp3) is 0.619. The van der Waals surface area contributed by atoms with Crippen LogP contribution in [0.1, 0.15) is 39.8 Å². The van der Waals surface area contributed by atoms with Crippen molar-refractivity contribution in [3.05, 3.63) is 40.8 Å². The van der Waals surface area contributed by atoms with Crippen LogP contribution in [-0.2, 0) is 22.6 Å². The Morgan fingerprint density at radius 2 is 1.93 bits per heavy atom. The molecule has 9 nitrogen and oxygen atoms in total. The second kappa shape index (κ2) is 9.99. The first-order chi connectivity index (χ1) is 16.5. The number of benzene rings is 1. The molecule has 0 N–H and O–H groups in total. The lowest BCUT2D eigenvalue weighted by Crippen LogP contribution is -2.60. The van der Waals surface area contributed by atoms with E-state index in [9.17, 15) is 9.59 Å². The number of rotatable bonds is 9. The molecule has 1 fully saturated rings. The fourth-order valence-corrected chi connectivity index (χ4v) is 4.01. The Bertz CT molecular complexity index is 1050. The van der Waals surface area contributed by atoms with Gasteiger partial charge in [0.05, 0.1) is 18.7 Å². The highest BCUT2D eigenvalue weighted by Crippen LogP contribution is 2.34. The number of carbonyl (C=O) groups is 1. The van der Waals surface area contributed by atoms with Gasteiger partial charge in [-0.2, -0.15) is 9.36 Å². The van der Waals surface area contributed by atoms with E-state index >= 15 is 0 Å². The molecule has 2 heterocycles. The largest absolute Gasteiger partial charge is 0.382 e. The van der Waals surface area contributed by atoms with Gasteiger partial charge < -0.3 is 14.5 Å². The Hall–Kier alpha value is -2.52. The number of aryl methyl sites for hydroxylation is 1. The number of methoxy groups -OCH3 is 1. The summed E-state index contributed by atoms with van der Waals surface area (Å²) in [4.78, 5) is 29.1. The smallest absolute Gasteiger partial charge is 0.363 e. The Labute approximate surface area is 184 Å². The van der Waals surface area contributed by atoms with Gasteiger partial charge in [0.1, 0.15) is 0 Å². The molecular weight excluding hydrogens is 384 g/mol. The average Bonchev–Trinajstić information content (AvgIpc) is 3.18. The van der Waals surface area contributed by atoms with Crippen molar-refractivity contribution in [2.24, 2.45) is 0 Å². The van der Waals surface area contributed by atoms with Crippen LogP contribution in [0.5, 0.6) is 0 Å². The van der Waals surface area contributed by atoms with Crippen LogP contribution in [0.2, 0.25) is 0 Å². The third kappa shape index (κ3) is 4.62. The maximum Gasteiger partial charge on any atom is 0.363 e. The van der Waals surface area contributed by atoms with E-state index in [1.807, 2.05) is 6.92 Å². The maximum absolute atomic E-state index is 13.5. The van der Waals surface area contributed by atoms with Crippen molar-refractivity contribution in [2.75, 3.05) is 38.3 Å². The molecule has 9 heteroatoms. The topological polar surface area (TPSA) is 85.5 Å². The molecule has 0 spiro atoms. The van der Waals surface area contributed by atoms with Gasteiger partial charge in [-0.15, -0.1) is 0 Å². The lowest BCUT2D eigenvalue weighted by Gasteiger charge is -2.48. The van der Waals surface area contributed by atoms with E-state index in [0.29, 0.717) is 51.3 Å².